The number of rotatable bonds is 2. The van der Waals surface area contributed by atoms with Crippen molar-refractivity contribution in [3.8, 4) is 0 Å². The van der Waals surface area contributed by atoms with E-state index in [-0.39, 0.29) is 0 Å². The Labute approximate surface area is 133 Å². The molecule has 22 heavy (non-hydrogen) atoms. The summed E-state index contributed by atoms with van der Waals surface area (Å²) in [6.45, 7) is 11.3. The predicted molar refractivity (Wildman–Crippen MR) is 87.2 cm³/mol. The van der Waals surface area contributed by atoms with Gasteiger partial charge in [-0.15, -0.1) is 0 Å². The normalized spacial score (nSPS) is 41.6. The molecule has 0 amide bonds. The summed E-state index contributed by atoms with van der Waals surface area (Å²) in [7, 11) is 1.91. The van der Waals surface area contributed by atoms with E-state index in [1.165, 1.54) is 45.6 Å². The van der Waals surface area contributed by atoms with Crippen molar-refractivity contribution in [1.82, 2.24) is 20.0 Å². The third-order valence-corrected chi connectivity index (χ3v) is 6.02. The Hall–Kier alpha value is -0.850. The van der Waals surface area contributed by atoms with Gasteiger partial charge in [0.15, 0.2) is 5.96 Å². The van der Waals surface area contributed by atoms with Crippen molar-refractivity contribution in [2.75, 3.05) is 72.6 Å². The summed E-state index contributed by atoms with van der Waals surface area (Å²) in [5, 5.41) is 3.64. The zero-order valence-electron chi connectivity index (χ0n) is 13.8. The van der Waals surface area contributed by atoms with Crippen molar-refractivity contribution in [3.05, 3.63) is 0 Å². The van der Waals surface area contributed by atoms with Gasteiger partial charge in [0.25, 0.3) is 0 Å². The van der Waals surface area contributed by atoms with Crippen LogP contribution in [0.25, 0.3) is 0 Å². The quantitative estimate of drug-likeness (QED) is 0.559. The fraction of sp³-hybridized carbons (Fsp3) is 0.938. The second-order valence-corrected chi connectivity index (χ2v) is 7.39. The van der Waals surface area contributed by atoms with Gasteiger partial charge in [0.2, 0.25) is 0 Å². The molecular weight excluding hydrogens is 278 g/mol. The topological polar surface area (TPSA) is 43.3 Å². The van der Waals surface area contributed by atoms with Crippen molar-refractivity contribution in [1.29, 1.82) is 0 Å². The molecule has 124 valence electrons. The summed E-state index contributed by atoms with van der Waals surface area (Å²) < 4.78 is 5.63. The van der Waals surface area contributed by atoms with E-state index in [4.69, 9.17) is 4.74 Å². The van der Waals surface area contributed by atoms with E-state index >= 15 is 0 Å². The maximum atomic E-state index is 5.63. The molecular formula is C16H29N5O. The van der Waals surface area contributed by atoms with E-state index in [1.54, 1.807) is 0 Å². The Bertz CT molecular complexity index is 426. The van der Waals surface area contributed by atoms with Gasteiger partial charge in [0, 0.05) is 77.5 Å². The first-order valence-corrected chi connectivity index (χ1v) is 8.78. The number of aliphatic imine (C=N–C) groups is 1. The molecule has 6 nitrogen and oxygen atoms in total. The second-order valence-electron chi connectivity index (χ2n) is 7.39. The summed E-state index contributed by atoms with van der Waals surface area (Å²) in [5.74, 6) is 1.08. The van der Waals surface area contributed by atoms with E-state index < -0.39 is 0 Å². The molecule has 0 radical (unpaired) electrons. The van der Waals surface area contributed by atoms with Crippen LogP contribution in [0.2, 0.25) is 0 Å². The van der Waals surface area contributed by atoms with Crippen LogP contribution in [0.3, 0.4) is 0 Å². The molecule has 0 aromatic rings. The molecule has 2 bridgehead atoms. The summed E-state index contributed by atoms with van der Waals surface area (Å²) in [5.41, 5.74) is 0.400. The second kappa shape index (κ2) is 5.98. The molecule has 5 rings (SSSR count). The Morgan fingerprint density at radius 1 is 1.23 bits per heavy atom. The fourth-order valence-electron chi connectivity index (χ4n) is 4.55. The standard InChI is InChI=1S/C16H29N5O/c1-17-15(21-4-2-16(12-21)3-9-22-13-16)18-10-14-11-19-5-7-20(14)8-6-19/h14H,2-13H2,1H3,(H,17,18). The molecule has 1 N–H and O–H groups in total. The van der Waals surface area contributed by atoms with Crippen LogP contribution in [0.15, 0.2) is 4.99 Å². The minimum absolute atomic E-state index is 0.400. The third-order valence-electron chi connectivity index (χ3n) is 6.02. The smallest absolute Gasteiger partial charge is 0.193 e. The Kier molecular flexibility index (Phi) is 4.00. The average molecular weight is 307 g/mol. The number of hydrogen-bond acceptors (Lipinski definition) is 4. The number of piperazine rings is 3. The molecule has 5 aliphatic heterocycles. The maximum absolute atomic E-state index is 5.63. The van der Waals surface area contributed by atoms with Crippen molar-refractivity contribution in [2.24, 2.45) is 10.4 Å². The maximum Gasteiger partial charge on any atom is 0.193 e. The van der Waals surface area contributed by atoms with E-state index in [0.29, 0.717) is 11.5 Å². The van der Waals surface area contributed by atoms with Crippen LogP contribution in [0.1, 0.15) is 12.8 Å². The minimum atomic E-state index is 0.400. The molecule has 0 aliphatic carbocycles. The predicted octanol–water partition coefficient (Wildman–Crippen LogP) is -0.326. The number of likely N-dealkylation sites (tertiary alicyclic amines) is 1. The average Bonchev–Trinajstić information content (AvgIpc) is 3.20. The van der Waals surface area contributed by atoms with Gasteiger partial charge in [0.1, 0.15) is 0 Å². The lowest BCUT2D eigenvalue weighted by Gasteiger charge is -2.47. The molecule has 0 aromatic heterocycles. The molecule has 1 spiro atoms. The van der Waals surface area contributed by atoms with Crippen molar-refractivity contribution < 1.29 is 4.74 Å². The molecule has 5 aliphatic rings. The molecule has 5 saturated heterocycles. The third kappa shape index (κ3) is 2.72. The van der Waals surface area contributed by atoms with Crippen LogP contribution in [0.5, 0.6) is 0 Å². The van der Waals surface area contributed by atoms with Gasteiger partial charge in [-0.1, -0.05) is 0 Å². The Morgan fingerprint density at radius 2 is 2.09 bits per heavy atom. The van der Waals surface area contributed by atoms with Gasteiger partial charge in [-0.25, -0.2) is 0 Å². The SMILES string of the molecule is CN=C(NCC1CN2CCN1CC2)N1CCC2(CCOC2)C1. The molecule has 2 unspecified atom stereocenters. The highest BCUT2D eigenvalue weighted by Crippen LogP contribution is 2.38. The van der Waals surface area contributed by atoms with Gasteiger partial charge >= 0.3 is 0 Å². The molecule has 6 heteroatoms. The molecule has 0 saturated carbocycles. The van der Waals surface area contributed by atoms with Crippen LogP contribution in [0, 0.1) is 5.41 Å². The highest BCUT2D eigenvalue weighted by Gasteiger charge is 2.42. The van der Waals surface area contributed by atoms with Crippen molar-refractivity contribution >= 4 is 5.96 Å². The molecule has 5 fully saturated rings. The number of nitrogens with zero attached hydrogens (tertiary/aromatic N) is 4. The molecule has 0 aromatic carbocycles. The zero-order chi connectivity index (χ0) is 15.0. The summed E-state index contributed by atoms with van der Waals surface area (Å²) in [6, 6.07) is 0.644. The first-order valence-electron chi connectivity index (χ1n) is 8.78. The monoisotopic (exact) mass is 307 g/mol. The van der Waals surface area contributed by atoms with Gasteiger partial charge in [0.05, 0.1) is 6.61 Å². The van der Waals surface area contributed by atoms with Gasteiger partial charge in [-0.05, 0) is 12.8 Å². The highest BCUT2D eigenvalue weighted by atomic mass is 16.5. The summed E-state index contributed by atoms with van der Waals surface area (Å²) in [4.78, 5) is 12.2. The summed E-state index contributed by atoms with van der Waals surface area (Å²) >= 11 is 0. The van der Waals surface area contributed by atoms with Crippen LogP contribution in [0.4, 0.5) is 0 Å². The van der Waals surface area contributed by atoms with Crippen LogP contribution in [-0.2, 0) is 4.74 Å². The van der Waals surface area contributed by atoms with E-state index in [9.17, 15) is 0 Å². The van der Waals surface area contributed by atoms with E-state index in [0.717, 1.165) is 38.8 Å². The Morgan fingerprint density at radius 3 is 2.73 bits per heavy atom. The van der Waals surface area contributed by atoms with Crippen LogP contribution in [-0.4, -0.2) is 99.3 Å². The number of ether oxygens (including phenoxy) is 1. The Balaban J connectivity index is 1.31. The van der Waals surface area contributed by atoms with Crippen LogP contribution >= 0.6 is 0 Å². The number of nitrogens with one attached hydrogen (secondary N) is 1. The van der Waals surface area contributed by atoms with E-state index in [2.05, 4.69) is 25.0 Å². The summed E-state index contributed by atoms with van der Waals surface area (Å²) in [6.07, 6.45) is 2.46. The first kappa shape index (κ1) is 14.7. The lowest BCUT2D eigenvalue weighted by Crippen LogP contribution is -2.64. The molecule has 5 heterocycles. The number of fused-ring (bicyclic) bond motifs is 3. The zero-order valence-corrected chi connectivity index (χ0v) is 13.8. The van der Waals surface area contributed by atoms with Crippen molar-refractivity contribution in [2.45, 2.75) is 18.9 Å². The van der Waals surface area contributed by atoms with Gasteiger partial charge in [-0.3, -0.25) is 14.8 Å². The molecule has 2 atom stereocenters. The number of guanidine groups is 1. The van der Waals surface area contributed by atoms with Gasteiger partial charge in [-0.2, -0.15) is 0 Å². The fourth-order valence-corrected chi connectivity index (χ4v) is 4.55. The lowest BCUT2D eigenvalue weighted by atomic mass is 9.87. The van der Waals surface area contributed by atoms with Crippen LogP contribution < -0.4 is 5.32 Å². The number of hydrogen-bond donors (Lipinski definition) is 1. The van der Waals surface area contributed by atoms with Gasteiger partial charge < -0.3 is 15.0 Å². The first-order chi connectivity index (χ1) is 10.8. The minimum Gasteiger partial charge on any atom is -0.381 e. The highest BCUT2D eigenvalue weighted by molar-refractivity contribution is 5.80. The van der Waals surface area contributed by atoms with E-state index in [1.807, 2.05) is 7.05 Å². The lowest BCUT2D eigenvalue weighted by molar-refractivity contribution is 0.0152. The largest absolute Gasteiger partial charge is 0.381 e. The van der Waals surface area contributed by atoms with Crippen molar-refractivity contribution in [3.63, 3.8) is 0 Å².